The summed E-state index contributed by atoms with van der Waals surface area (Å²) < 4.78 is 4.69. The van der Waals surface area contributed by atoms with Crippen LogP contribution in [0.3, 0.4) is 0 Å². The standard InChI is InChI=1S/C17H16N2O5/c1-11(12-7-9-13(10-8-12)19(22)23)16(20)18-15-6-4-3-5-14(15)17(21)24-2/h3-11H,1-2H3,(H,18,20)/t11-/m0/s1. The van der Waals surface area contributed by atoms with Gasteiger partial charge in [-0.3, -0.25) is 14.9 Å². The monoisotopic (exact) mass is 328 g/mol. The average molecular weight is 328 g/mol. The van der Waals surface area contributed by atoms with Crippen LogP contribution in [-0.2, 0) is 9.53 Å². The predicted molar refractivity (Wildman–Crippen MR) is 87.9 cm³/mol. The van der Waals surface area contributed by atoms with Crippen molar-refractivity contribution in [2.45, 2.75) is 12.8 Å². The van der Waals surface area contributed by atoms with E-state index in [0.717, 1.165) is 0 Å². The molecule has 2 rings (SSSR count). The molecule has 0 fully saturated rings. The fourth-order valence-electron chi connectivity index (χ4n) is 2.16. The quantitative estimate of drug-likeness (QED) is 0.516. The van der Waals surface area contributed by atoms with Gasteiger partial charge in [0.25, 0.3) is 5.69 Å². The van der Waals surface area contributed by atoms with Crippen molar-refractivity contribution in [1.29, 1.82) is 0 Å². The number of para-hydroxylation sites is 1. The first-order chi connectivity index (χ1) is 11.4. The van der Waals surface area contributed by atoms with Crippen molar-refractivity contribution in [3.8, 4) is 0 Å². The molecular weight excluding hydrogens is 312 g/mol. The van der Waals surface area contributed by atoms with Gasteiger partial charge in [-0.15, -0.1) is 0 Å². The summed E-state index contributed by atoms with van der Waals surface area (Å²) in [6.07, 6.45) is 0. The molecule has 0 heterocycles. The first-order valence-corrected chi connectivity index (χ1v) is 7.16. The molecule has 0 bridgehead atoms. The fraction of sp³-hybridized carbons (Fsp3) is 0.176. The maximum absolute atomic E-state index is 12.4. The van der Waals surface area contributed by atoms with Crippen LogP contribution in [0.25, 0.3) is 0 Å². The molecule has 1 amide bonds. The lowest BCUT2D eigenvalue weighted by Gasteiger charge is -2.14. The number of nitro groups is 1. The molecule has 0 saturated heterocycles. The van der Waals surface area contributed by atoms with Crippen LogP contribution in [0.4, 0.5) is 11.4 Å². The van der Waals surface area contributed by atoms with E-state index in [-0.39, 0.29) is 17.2 Å². The van der Waals surface area contributed by atoms with Crippen molar-refractivity contribution in [1.82, 2.24) is 0 Å². The molecule has 0 unspecified atom stereocenters. The van der Waals surface area contributed by atoms with Crippen molar-refractivity contribution in [2.75, 3.05) is 12.4 Å². The first-order valence-electron chi connectivity index (χ1n) is 7.16. The van der Waals surface area contributed by atoms with Gasteiger partial charge in [0.1, 0.15) is 0 Å². The second kappa shape index (κ2) is 7.36. The lowest BCUT2D eigenvalue weighted by molar-refractivity contribution is -0.384. The van der Waals surface area contributed by atoms with E-state index in [1.165, 1.54) is 31.4 Å². The van der Waals surface area contributed by atoms with Gasteiger partial charge in [0.05, 0.1) is 29.2 Å². The Kier molecular flexibility index (Phi) is 5.26. The number of nitro benzene ring substituents is 1. The number of anilines is 1. The molecule has 0 aliphatic carbocycles. The summed E-state index contributed by atoms with van der Waals surface area (Å²) in [7, 11) is 1.26. The zero-order valence-electron chi connectivity index (χ0n) is 13.2. The van der Waals surface area contributed by atoms with Gasteiger partial charge in [-0.05, 0) is 24.6 Å². The van der Waals surface area contributed by atoms with Crippen LogP contribution in [0.2, 0.25) is 0 Å². The number of non-ortho nitro benzene ring substituents is 1. The molecule has 1 N–H and O–H groups in total. The number of benzene rings is 2. The number of nitrogens with zero attached hydrogens (tertiary/aromatic N) is 1. The van der Waals surface area contributed by atoms with Crippen LogP contribution in [0, 0.1) is 10.1 Å². The molecule has 0 saturated carbocycles. The highest BCUT2D eigenvalue weighted by molar-refractivity contribution is 6.03. The van der Waals surface area contributed by atoms with E-state index < -0.39 is 16.8 Å². The van der Waals surface area contributed by atoms with Crippen LogP contribution in [-0.4, -0.2) is 23.9 Å². The van der Waals surface area contributed by atoms with Gasteiger partial charge >= 0.3 is 5.97 Å². The number of carbonyl (C=O) groups excluding carboxylic acids is 2. The summed E-state index contributed by atoms with van der Waals surface area (Å²) in [5.41, 5.74) is 1.20. The number of esters is 1. The highest BCUT2D eigenvalue weighted by Crippen LogP contribution is 2.22. The predicted octanol–water partition coefficient (Wildman–Crippen LogP) is 3.12. The van der Waals surface area contributed by atoms with Crippen molar-refractivity contribution in [2.24, 2.45) is 0 Å². The van der Waals surface area contributed by atoms with E-state index in [9.17, 15) is 19.7 Å². The molecule has 0 radical (unpaired) electrons. The Hall–Kier alpha value is -3.22. The van der Waals surface area contributed by atoms with Crippen molar-refractivity contribution in [3.05, 3.63) is 69.8 Å². The van der Waals surface area contributed by atoms with E-state index in [0.29, 0.717) is 11.3 Å². The van der Waals surface area contributed by atoms with Gasteiger partial charge in [0, 0.05) is 12.1 Å². The maximum Gasteiger partial charge on any atom is 0.339 e. The summed E-state index contributed by atoms with van der Waals surface area (Å²) in [4.78, 5) is 34.3. The van der Waals surface area contributed by atoms with Crippen molar-refractivity contribution < 1.29 is 19.2 Å². The lowest BCUT2D eigenvalue weighted by Crippen LogP contribution is -2.20. The molecule has 0 aliphatic rings. The third-order valence-corrected chi connectivity index (χ3v) is 3.59. The number of amides is 1. The van der Waals surface area contributed by atoms with Crippen LogP contribution in [0.5, 0.6) is 0 Å². The molecule has 2 aromatic rings. The Morgan fingerprint density at radius 1 is 1.12 bits per heavy atom. The minimum atomic E-state index is -0.547. The molecule has 24 heavy (non-hydrogen) atoms. The number of rotatable bonds is 5. The number of methoxy groups -OCH3 is 1. The van der Waals surface area contributed by atoms with E-state index in [4.69, 9.17) is 0 Å². The van der Waals surface area contributed by atoms with Crippen LogP contribution < -0.4 is 5.32 Å². The van der Waals surface area contributed by atoms with Gasteiger partial charge in [-0.25, -0.2) is 4.79 Å². The molecule has 0 aliphatic heterocycles. The van der Waals surface area contributed by atoms with Crippen LogP contribution in [0.15, 0.2) is 48.5 Å². The Labute approximate surface area is 138 Å². The third-order valence-electron chi connectivity index (χ3n) is 3.59. The molecule has 1 atom stereocenters. The van der Waals surface area contributed by atoms with Crippen LogP contribution in [0.1, 0.15) is 28.8 Å². The Balaban J connectivity index is 2.18. The summed E-state index contributed by atoms with van der Waals surface area (Å²) >= 11 is 0. The Morgan fingerprint density at radius 2 is 1.75 bits per heavy atom. The van der Waals surface area contributed by atoms with Gasteiger partial charge in [0.15, 0.2) is 0 Å². The number of nitrogens with one attached hydrogen (secondary N) is 1. The normalized spacial score (nSPS) is 11.4. The van der Waals surface area contributed by atoms with Gasteiger partial charge in [-0.1, -0.05) is 24.3 Å². The summed E-state index contributed by atoms with van der Waals surface area (Å²) in [6.45, 7) is 1.68. The van der Waals surface area contributed by atoms with Gasteiger partial charge in [0.2, 0.25) is 5.91 Å². The second-order valence-electron chi connectivity index (χ2n) is 5.10. The Morgan fingerprint density at radius 3 is 2.33 bits per heavy atom. The number of ether oxygens (including phenoxy) is 1. The molecule has 2 aromatic carbocycles. The van der Waals surface area contributed by atoms with Gasteiger partial charge in [-0.2, -0.15) is 0 Å². The largest absolute Gasteiger partial charge is 0.465 e. The highest BCUT2D eigenvalue weighted by atomic mass is 16.6. The molecule has 0 spiro atoms. The lowest BCUT2D eigenvalue weighted by atomic mass is 9.99. The van der Waals surface area contributed by atoms with Crippen LogP contribution >= 0.6 is 0 Å². The summed E-state index contributed by atoms with van der Waals surface area (Å²) in [5.74, 6) is -1.43. The molecular formula is C17H16N2O5. The molecule has 7 heteroatoms. The van der Waals surface area contributed by atoms with E-state index >= 15 is 0 Å². The van der Waals surface area contributed by atoms with E-state index in [1.54, 1.807) is 31.2 Å². The number of hydrogen-bond donors (Lipinski definition) is 1. The third kappa shape index (κ3) is 3.75. The van der Waals surface area contributed by atoms with Crippen molar-refractivity contribution in [3.63, 3.8) is 0 Å². The highest BCUT2D eigenvalue weighted by Gasteiger charge is 2.19. The number of carbonyl (C=O) groups is 2. The summed E-state index contributed by atoms with van der Waals surface area (Å²) in [6, 6.07) is 12.3. The number of hydrogen-bond acceptors (Lipinski definition) is 5. The fourth-order valence-corrected chi connectivity index (χ4v) is 2.16. The SMILES string of the molecule is COC(=O)c1ccccc1NC(=O)[C@@H](C)c1ccc([N+](=O)[O-])cc1. The van der Waals surface area contributed by atoms with Gasteiger partial charge < -0.3 is 10.1 Å². The molecule has 7 nitrogen and oxygen atoms in total. The van der Waals surface area contributed by atoms with E-state index in [2.05, 4.69) is 10.1 Å². The van der Waals surface area contributed by atoms with Crippen molar-refractivity contribution >= 4 is 23.3 Å². The maximum atomic E-state index is 12.4. The average Bonchev–Trinajstić information content (AvgIpc) is 2.60. The first kappa shape index (κ1) is 17.1. The second-order valence-corrected chi connectivity index (χ2v) is 5.10. The molecule has 0 aromatic heterocycles. The zero-order chi connectivity index (χ0) is 17.7. The zero-order valence-corrected chi connectivity index (χ0v) is 13.2. The Bertz CT molecular complexity index is 771. The topological polar surface area (TPSA) is 98.5 Å². The smallest absolute Gasteiger partial charge is 0.339 e. The minimum Gasteiger partial charge on any atom is -0.465 e. The van der Waals surface area contributed by atoms with E-state index in [1.807, 2.05) is 0 Å². The summed E-state index contributed by atoms with van der Waals surface area (Å²) in [5, 5.41) is 13.4. The molecule has 124 valence electrons. The minimum absolute atomic E-state index is 0.0394.